The fourth-order valence-electron chi connectivity index (χ4n) is 6.09. The largest absolute Gasteiger partial charge is 0.458 e. The van der Waals surface area contributed by atoms with E-state index in [1.165, 1.54) is 19.3 Å². The van der Waals surface area contributed by atoms with Crippen LogP contribution < -0.4 is 0 Å². The zero-order valence-corrected chi connectivity index (χ0v) is 14.3. The van der Waals surface area contributed by atoms with Crippen LogP contribution in [0, 0.1) is 23.7 Å². The van der Waals surface area contributed by atoms with Gasteiger partial charge in [0.2, 0.25) is 0 Å². The summed E-state index contributed by atoms with van der Waals surface area (Å²) in [6, 6.07) is 5.31. The van der Waals surface area contributed by atoms with Crippen molar-refractivity contribution >= 4 is 23.4 Å². The van der Waals surface area contributed by atoms with Gasteiger partial charge in [-0.1, -0.05) is 17.7 Å². The Labute approximate surface area is 146 Å². The standard InChI is InChI=1S/C20H21ClO3/c21-15-2-1-14-6-17(18(22)16(14)7-15)19(23)24-20-8-11-3-12(9-20)5-13(4-11)10-20/h1-2,7,11-13,17H,3-6,8-10H2. The van der Waals surface area contributed by atoms with E-state index in [1.54, 1.807) is 12.1 Å². The second-order valence-electron chi connectivity index (χ2n) is 8.44. The molecule has 0 radical (unpaired) electrons. The summed E-state index contributed by atoms with van der Waals surface area (Å²) in [7, 11) is 0. The average molecular weight is 345 g/mol. The minimum Gasteiger partial charge on any atom is -0.458 e. The van der Waals surface area contributed by atoms with Crippen LogP contribution in [0.25, 0.3) is 0 Å². The summed E-state index contributed by atoms with van der Waals surface area (Å²) < 4.78 is 6.07. The van der Waals surface area contributed by atoms with E-state index in [1.807, 2.05) is 6.07 Å². The van der Waals surface area contributed by atoms with E-state index in [2.05, 4.69) is 0 Å². The van der Waals surface area contributed by atoms with Gasteiger partial charge in [-0.05, 0) is 80.4 Å². The van der Waals surface area contributed by atoms with Crippen molar-refractivity contribution in [1.29, 1.82) is 0 Å². The zero-order chi connectivity index (χ0) is 16.5. The second-order valence-corrected chi connectivity index (χ2v) is 8.88. The van der Waals surface area contributed by atoms with Crippen LogP contribution in [-0.4, -0.2) is 17.4 Å². The quantitative estimate of drug-likeness (QED) is 0.596. The van der Waals surface area contributed by atoms with Crippen molar-refractivity contribution < 1.29 is 14.3 Å². The first-order valence-corrected chi connectivity index (χ1v) is 9.45. The highest BCUT2D eigenvalue weighted by Gasteiger charge is 2.54. The van der Waals surface area contributed by atoms with E-state index in [9.17, 15) is 9.59 Å². The molecule has 4 fully saturated rings. The lowest BCUT2D eigenvalue weighted by Crippen LogP contribution is -2.53. The molecule has 0 spiro atoms. The summed E-state index contributed by atoms with van der Waals surface area (Å²) in [6.45, 7) is 0. The number of benzene rings is 1. The Kier molecular flexibility index (Phi) is 3.16. The first-order chi connectivity index (χ1) is 11.5. The van der Waals surface area contributed by atoms with Crippen molar-refractivity contribution in [3.05, 3.63) is 34.3 Å². The third-order valence-electron chi connectivity index (χ3n) is 6.66. The number of hydrogen-bond donors (Lipinski definition) is 0. The Morgan fingerprint density at radius 2 is 1.71 bits per heavy atom. The lowest BCUT2D eigenvalue weighted by atomic mass is 9.54. The van der Waals surface area contributed by atoms with Crippen LogP contribution in [0.5, 0.6) is 0 Å². The molecule has 0 amide bonds. The van der Waals surface area contributed by atoms with Crippen molar-refractivity contribution in [2.24, 2.45) is 23.7 Å². The molecule has 0 aromatic heterocycles. The predicted molar refractivity (Wildman–Crippen MR) is 90.0 cm³/mol. The summed E-state index contributed by atoms with van der Waals surface area (Å²) in [6.07, 6.45) is 7.39. The number of ketones is 1. The molecule has 1 atom stereocenters. The molecule has 5 aliphatic carbocycles. The van der Waals surface area contributed by atoms with Crippen LogP contribution in [0.3, 0.4) is 0 Å². The summed E-state index contributed by atoms with van der Waals surface area (Å²) in [4.78, 5) is 25.4. The van der Waals surface area contributed by atoms with Gasteiger partial charge in [-0.3, -0.25) is 9.59 Å². The summed E-state index contributed by atoms with van der Waals surface area (Å²) in [5.41, 5.74) is 1.23. The Hall–Kier alpha value is -1.35. The number of halogens is 1. The molecule has 1 unspecified atom stereocenters. The molecule has 3 nitrogen and oxygen atoms in total. The van der Waals surface area contributed by atoms with Crippen LogP contribution in [-0.2, 0) is 16.0 Å². The van der Waals surface area contributed by atoms with Crippen LogP contribution in [0.4, 0.5) is 0 Å². The average Bonchev–Trinajstić information content (AvgIpc) is 2.82. The highest BCUT2D eigenvalue weighted by Crippen LogP contribution is 2.57. The van der Waals surface area contributed by atoms with Crippen molar-refractivity contribution in [2.45, 2.75) is 50.5 Å². The molecule has 1 aromatic carbocycles. The molecule has 0 N–H and O–H groups in total. The smallest absolute Gasteiger partial charge is 0.317 e. The minimum atomic E-state index is -0.675. The summed E-state index contributed by atoms with van der Waals surface area (Å²) in [5.74, 6) is 1.06. The van der Waals surface area contributed by atoms with Crippen LogP contribution in [0.15, 0.2) is 18.2 Å². The van der Waals surface area contributed by atoms with Gasteiger partial charge in [-0.25, -0.2) is 0 Å². The molecule has 4 saturated carbocycles. The maximum Gasteiger partial charge on any atom is 0.317 e. The van der Waals surface area contributed by atoms with Crippen LogP contribution in [0.2, 0.25) is 5.02 Å². The Balaban J connectivity index is 1.36. The Morgan fingerprint density at radius 3 is 2.33 bits per heavy atom. The number of fused-ring (bicyclic) bond motifs is 1. The number of carbonyl (C=O) groups excluding carboxylic acids is 2. The van der Waals surface area contributed by atoms with Crippen LogP contribution >= 0.6 is 11.6 Å². The topological polar surface area (TPSA) is 43.4 Å². The van der Waals surface area contributed by atoms with Gasteiger partial charge >= 0.3 is 5.97 Å². The first-order valence-electron chi connectivity index (χ1n) is 9.07. The van der Waals surface area contributed by atoms with E-state index in [0.717, 1.165) is 42.6 Å². The number of hydrogen-bond acceptors (Lipinski definition) is 3. The lowest BCUT2D eigenvalue weighted by molar-refractivity contribution is -0.189. The molecule has 4 heteroatoms. The van der Waals surface area contributed by atoms with E-state index in [-0.39, 0.29) is 17.4 Å². The Morgan fingerprint density at radius 1 is 1.08 bits per heavy atom. The predicted octanol–water partition coefficient (Wildman–Crippen LogP) is 4.21. The molecular weight excluding hydrogens is 324 g/mol. The molecule has 6 rings (SSSR count). The van der Waals surface area contributed by atoms with E-state index in [4.69, 9.17) is 16.3 Å². The van der Waals surface area contributed by atoms with Gasteiger partial charge in [0.25, 0.3) is 0 Å². The van der Waals surface area contributed by atoms with E-state index in [0.29, 0.717) is 17.0 Å². The number of ether oxygens (including phenoxy) is 1. The third kappa shape index (κ3) is 2.24. The van der Waals surface area contributed by atoms with Gasteiger partial charge in [0, 0.05) is 10.6 Å². The fourth-order valence-corrected chi connectivity index (χ4v) is 6.26. The van der Waals surface area contributed by atoms with Gasteiger partial charge in [0.15, 0.2) is 5.78 Å². The fraction of sp³-hybridized carbons (Fsp3) is 0.600. The van der Waals surface area contributed by atoms with Crippen LogP contribution in [0.1, 0.15) is 54.4 Å². The molecule has 126 valence electrons. The maximum absolute atomic E-state index is 12.8. The summed E-state index contributed by atoms with van der Waals surface area (Å²) >= 11 is 5.99. The third-order valence-corrected chi connectivity index (χ3v) is 6.90. The Bertz CT molecular complexity index is 703. The van der Waals surface area contributed by atoms with E-state index >= 15 is 0 Å². The summed E-state index contributed by atoms with van der Waals surface area (Å²) in [5, 5.41) is 0.539. The first kappa shape index (κ1) is 14.9. The normalized spacial score (nSPS) is 39.1. The van der Waals surface area contributed by atoms with E-state index < -0.39 is 5.92 Å². The van der Waals surface area contributed by atoms with Gasteiger partial charge < -0.3 is 4.74 Å². The molecule has 0 aliphatic heterocycles. The molecular formula is C20H21ClO3. The van der Waals surface area contributed by atoms with Crippen molar-refractivity contribution in [2.75, 3.05) is 0 Å². The number of rotatable bonds is 2. The molecule has 0 heterocycles. The highest BCUT2D eigenvalue weighted by molar-refractivity contribution is 6.31. The molecule has 24 heavy (non-hydrogen) atoms. The SMILES string of the molecule is O=C(OC12CC3CC(CC(C3)C1)C2)C1Cc2ccc(Cl)cc2C1=O. The maximum atomic E-state index is 12.8. The van der Waals surface area contributed by atoms with Gasteiger partial charge in [-0.2, -0.15) is 0 Å². The monoisotopic (exact) mass is 344 g/mol. The molecule has 1 aromatic rings. The number of Topliss-reactive ketones (excluding diaryl/α,β-unsaturated/α-hetero) is 1. The molecule has 0 saturated heterocycles. The minimum absolute atomic E-state index is 0.123. The van der Waals surface area contributed by atoms with Gasteiger partial charge in [-0.15, -0.1) is 0 Å². The highest BCUT2D eigenvalue weighted by atomic mass is 35.5. The lowest BCUT2D eigenvalue weighted by Gasteiger charge is -2.55. The van der Waals surface area contributed by atoms with Crippen molar-refractivity contribution in [1.82, 2.24) is 0 Å². The molecule has 5 aliphatic rings. The zero-order valence-electron chi connectivity index (χ0n) is 13.6. The van der Waals surface area contributed by atoms with Crippen molar-refractivity contribution in [3.8, 4) is 0 Å². The second kappa shape index (κ2) is 5.08. The van der Waals surface area contributed by atoms with Gasteiger partial charge in [0.1, 0.15) is 11.5 Å². The van der Waals surface area contributed by atoms with Crippen molar-refractivity contribution in [3.63, 3.8) is 0 Å². The molecule has 4 bridgehead atoms. The number of carbonyl (C=O) groups is 2. The number of esters is 1. The van der Waals surface area contributed by atoms with Gasteiger partial charge in [0.05, 0.1) is 0 Å².